The monoisotopic (exact) mass is 474 g/mol. The second-order valence-electron chi connectivity index (χ2n) is 6.92. The molecule has 0 saturated carbocycles. The summed E-state index contributed by atoms with van der Waals surface area (Å²) in [5.41, 5.74) is 0.621. The number of hydrogen-bond acceptors (Lipinski definition) is 4. The molecule has 0 N–H and O–H groups in total. The number of carbonyl (C=O) groups is 1. The van der Waals surface area contributed by atoms with Crippen LogP contribution in [0.5, 0.6) is 0 Å². The van der Waals surface area contributed by atoms with E-state index in [1.807, 2.05) is 0 Å². The second-order valence-corrected chi connectivity index (χ2v) is 11.0. The lowest BCUT2D eigenvalue weighted by Crippen LogP contribution is -2.53. The molecule has 2 aliphatic heterocycles. The van der Waals surface area contributed by atoms with E-state index in [9.17, 15) is 17.6 Å². The summed E-state index contributed by atoms with van der Waals surface area (Å²) >= 11 is 13.6. The van der Waals surface area contributed by atoms with Crippen LogP contribution in [0.15, 0.2) is 47.4 Å². The molecule has 0 bridgehead atoms. The van der Waals surface area contributed by atoms with Gasteiger partial charge in [-0.25, -0.2) is 12.8 Å². The molecule has 154 valence electrons. The van der Waals surface area contributed by atoms with E-state index < -0.39 is 14.9 Å². The Morgan fingerprint density at radius 1 is 1.03 bits per heavy atom. The van der Waals surface area contributed by atoms with Crippen molar-refractivity contribution >= 4 is 56.6 Å². The van der Waals surface area contributed by atoms with Gasteiger partial charge in [0.05, 0.1) is 15.6 Å². The van der Waals surface area contributed by atoms with Crippen molar-refractivity contribution in [1.82, 2.24) is 4.31 Å². The Kier molecular flexibility index (Phi) is 5.59. The van der Waals surface area contributed by atoms with Crippen LogP contribution in [0.4, 0.5) is 10.1 Å². The first-order valence-electron chi connectivity index (χ1n) is 8.91. The van der Waals surface area contributed by atoms with Crippen molar-refractivity contribution < 1.29 is 17.6 Å². The Hall–Kier alpha value is -1.32. The molecule has 2 fully saturated rings. The van der Waals surface area contributed by atoms with Gasteiger partial charge >= 0.3 is 0 Å². The highest BCUT2D eigenvalue weighted by molar-refractivity contribution is 8.02. The quantitative estimate of drug-likeness (QED) is 0.661. The van der Waals surface area contributed by atoms with Crippen LogP contribution < -0.4 is 4.90 Å². The normalized spacial score (nSPS) is 19.8. The zero-order valence-corrected chi connectivity index (χ0v) is 18.3. The average molecular weight is 475 g/mol. The lowest BCUT2D eigenvalue weighted by molar-refractivity contribution is -0.116. The van der Waals surface area contributed by atoms with Crippen molar-refractivity contribution in [3.63, 3.8) is 0 Å². The number of anilines is 1. The Labute approximate surface area is 182 Å². The first-order valence-corrected chi connectivity index (χ1v) is 12.1. The van der Waals surface area contributed by atoms with Crippen molar-refractivity contribution in [1.29, 1.82) is 0 Å². The predicted molar refractivity (Wildman–Crippen MR) is 114 cm³/mol. The number of benzene rings is 2. The maximum absolute atomic E-state index is 13.3. The average Bonchev–Trinajstić information content (AvgIpc) is 3.00. The fourth-order valence-electron chi connectivity index (χ4n) is 3.78. The molecule has 10 heteroatoms. The van der Waals surface area contributed by atoms with E-state index in [0.29, 0.717) is 29.3 Å². The maximum Gasteiger partial charge on any atom is 0.244 e. The van der Waals surface area contributed by atoms with Crippen molar-refractivity contribution in [2.45, 2.75) is 22.6 Å². The van der Waals surface area contributed by atoms with Crippen LogP contribution in [0.2, 0.25) is 10.0 Å². The Bertz CT molecular complexity index is 1060. The van der Waals surface area contributed by atoms with E-state index in [2.05, 4.69) is 0 Å². The van der Waals surface area contributed by atoms with Crippen molar-refractivity contribution in [2.75, 3.05) is 23.7 Å². The van der Waals surface area contributed by atoms with Gasteiger partial charge in [0.25, 0.3) is 0 Å². The lowest BCUT2D eigenvalue weighted by Gasteiger charge is -2.43. The summed E-state index contributed by atoms with van der Waals surface area (Å²) in [6, 6.07) is 10.1. The minimum atomic E-state index is -3.81. The molecule has 0 atom stereocenters. The zero-order valence-electron chi connectivity index (χ0n) is 15.1. The van der Waals surface area contributed by atoms with Crippen LogP contribution in [0, 0.1) is 5.82 Å². The van der Waals surface area contributed by atoms with Crippen molar-refractivity contribution in [3.05, 3.63) is 58.3 Å². The molecule has 0 unspecified atom stereocenters. The predicted octanol–water partition coefficient (Wildman–Crippen LogP) is 4.39. The van der Waals surface area contributed by atoms with Crippen LogP contribution in [0.3, 0.4) is 0 Å². The van der Waals surface area contributed by atoms with Gasteiger partial charge in [-0.1, -0.05) is 23.2 Å². The van der Waals surface area contributed by atoms with E-state index in [1.54, 1.807) is 17.0 Å². The smallest absolute Gasteiger partial charge is 0.244 e. The number of halogens is 3. The molecule has 5 nitrogen and oxygen atoms in total. The molecule has 2 saturated heterocycles. The largest absolute Gasteiger partial charge is 0.296 e. The number of sulfonamides is 1. The van der Waals surface area contributed by atoms with Gasteiger partial charge in [0.1, 0.15) is 10.7 Å². The van der Waals surface area contributed by atoms with Gasteiger partial charge in [-0.05, 0) is 55.3 Å². The summed E-state index contributed by atoms with van der Waals surface area (Å²) in [6.07, 6.45) is 0.913. The van der Waals surface area contributed by atoms with E-state index in [4.69, 9.17) is 23.2 Å². The molecule has 0 aliphatic carbocycles. The number of carbonyl (C=O) groups excluding carboxylic acids is 1. The summed E-state index contributed by atoms with van der Waals surface area (Å²) in [6.45, 7) is 0.478. The van der Waals surface area contributed by atoms with Crippen LogP contribution in [-0.2, 0) is 14.8 Å². The van der Waals surface area contributed by atoms with Gasteiger partial charge in [-0.2, -0.15) is 4.31 Å². The summed E-state index contributed by atoms with van der Waals surface area (Å²) in [7, 11) is -3.81. The molecule has 0 aromatic heterocycles. The minimum absolute atomic E-state index is 0.0202. The number of nitrogens with zero attached hydrogens (tertiary/aromatic N) is 2. The van der Waals surface area contributed by atoms with Gasteiger partial charge in [-0.15, -0.1) is 11.8 Å². The summed E-state index contributed by atoms with van der Waals surface area (Å²) in [5.74, 6) is -0.123. The number of rotatable bonds is 3. The third-order valence-corrected chi connectivity index (χ3v) is 9.36. The molecular formula is C19H17Cl2FN2O3S2. The van der Waals surface area contributed by atoms with Gasteiger partial charge in [0.2, 0.25) is 15.9 Å². The number of amides is 1. The third-order valence-electron chi connectivity index (χ3n) is 5.22. The molecule has 1 spiro atoms. The Morgan fingerprint density at radius 2 is 1.69 bits per heavy atom. The van der Waals surface area contributed by atoms with Gasteiger partial charge < -0.3 is 0 Å². The molecule has 2 aromatic carbocycles. The van der Waals surface area contributed by atoms with E-state index in [0.717, 1.165) is 0 Å². The number of hydrogen-bond donors (Lipinski definition) is 0. The molecule has 2 aromatic rings. The Balaban J connectivity index is 1.59. The minimum Gasteiger partial charge on any atom is -0.296 e. The molecule has 2 heterocycles. The maximum atomic E-state index is 13.3. The van der Waals surface area contributed by atoms with Crippen LogP contribution >= 0.6 is 35.0 Å². The first kappa shape index (κ1) is 20.9. The molecule has 1 amide bonds. The van der Waals surface area contributed by atoms with Gasteiger partial charge in [0, 0.05) is 23.8 Å². The highest BCUT2D eigenvalue weighted by Crippen LogP contribution is 2.47. The molecular weight excluding hydrogens is 458 g/mol. The van der Waals surface area contributed by atoms with Crippen LogP contribution in [0.1, 0.15) is 12.8 Å². The SMILES string of the molecule is O=C1CSC2(CCN(S(=O)(=O)c3cc(Cl)ccc3Cl)CC2)N1c1ccc(F)cc1. The lowest BCUT2D eigenvalue weighted by atomic mass is 10.0. The molecule has 29 heavy (non-hydrogen) atoms. The highest BCUT2D eigenvalue weighted by atomic mass is 35.5. The van der Waals surface area contributed by atoms with Gasteiger partial charge in [-0.3, -0.25) is 9.69 Å². The number of piperidine rings is 1. The van der Waals surface area contributed by atoms with E-state index >= 15 is 0 Å². The number of thioether (sulfide) groups is 1. The summed E-state index contributed by atoms with van der Waals surface area (Å²) in [4.78, 5) is 13.7. The summed E-state index contributed by atoms with van der Waals surface area (Å²) in [5, 5.41) is 0.411. The van der Waals surface area contributed by atoms with Crippen LogP contribution in [0.25, 0.3) is 0 Å². The zero-order chi connectivity index (χ0) is 20.8. The third kappa shape index (κ3) is 3.77. The first-order chi connectivity index (χ1) is 13.7. The molecule has 0 radical (unpaired) electrons. The van der Waals surface area contributed by atoms with Crippen molar-refractivity contribution in [2.24, 2.45) is 0 Å². The fraction of sp³-hybridized carbons (Fsp3) is 0.316. The second kappa shape index (κ2) is 7.74. The van der Waals surface area contributed by atoms with Gasteiger partial charge in [0.15, 0.2) is 0 Å². The van der Waals surface area contributed by atoms with E-state index in [1.165, 1.54) is 46.4 Å². The molecule has 4 rings (SSSR count). The standard InChI is InChI=1S/C19H17Cl2FN2O3S2/c20-13-1-6-16(21)17(11-13)29(26,27)23-9-7-19(8-10-23)24(18(25)12-28-19)15-4-2-14(22)3-5-15/h1-6,11H,7-10,12H2. The summed E-state index contributed by atoms with van der Waals surface area (Å²) < 4.78 is 40.8. The fourth-order valence-corrected chi connectivity index (χ4v) is 7.29. The van der Waals surface area contributed by atoms with E-state index in [-0.39, 0.29) is 34.7 Å². The molecule has 2 aliphatic rings. The van der Waals surface area contributed by atoms with Crippen LogP contribution in [-0.4, -0.2) is 42.3 Å². The van der Waals surface area contributed by atoms with Crippen molar-refractivity contribution in [3.8, 4) is 0 Å². The topological polar surface area (TPSA) is 57.7 Å². The highest BCUT2D eigenvalue weighted by Gasteiger charge is 2.50. The Morgan fingerprint density at radius 3 is 2.34 bits per heavy atom.